The van der Waals surface area contributed by atoms with Crippen LogP contribution in [0.2, 0.25) is 0 Å². The maximum atomic E-state index is 12.3. The average molecular weight is 358 g/mol. The van der Waals surface area contributed by atoms with Crippen LogP contribution in [0.4, 0.5) is 5.69 Å². The molecule has 0 aliphatic heterocycles. The fourth-order valence-electron chi connectivity index (χ4n) is 2.75. The van der Waals surface area contributed by atoms with E-state index in [1.54, 1.807) is 10.9 Å². The van der Waals surface area contributed by atoms with Crippen LogP contribution in [0, 0.1) is 5.92 Å². The van der Waals surface area contributed by atoms with Crippen LogP contribution in [0.3, 0.4) is 0 Å². The van der Waals surface area contributed by atoms with E-state index in [4.69, 9.17) is 0 Å². The summed E-state index contributed by atoms with van der Waals surface area (Å²) in [5.41, 5.74) is 0.829. The van der Waals surface area contributed by atoms with Crippen molar-refractivity contribution in [3.8, 4) is 0 Å². The third kappa shape index (κ3) is 3.22. The molecule has 20 heavy (non-hydrogen) atoms. The number of nitrogens with zero attached hydrogens (tertiary/aromatic N) is 2. The van der Waals surface area contributed by atoms with Gasteiger partial charge in [-0.2, -0.15) is 16.9 Å². The molecule has 0 bridgehead atoms. The smallest absolute Gasteiger partial charge is 0.283 e. The second-order valence-corrected chi connectivity index (χ2v) is 7.75. The highest BCUT2D eigenvalue weighted by Gasteiger charge is 2.26. The van der Waals surface area contributed by atoms with Crippen LogP contribution in [-0.2, 0) is 6.54 Å². The molecule has 0 saturated heterocycles. The Morgan fingerprint density at radius 1 is 1.45 bits per heavy atom. The molecule has 1 aromatic rings. The van der Waals surface area contributed by atoms with E-state index >= 15 is 0 Å². The molecule has 2 unspecified atom stereocenters. The molecule has 1 heterocycles. The monoisotopic (exact) mass is 357 g/mol. The van der Waals surface area contributed by atoms with E-state index in [1.165, 1.54) is 32.1 Å². The molecule has 0 spiro atoms. The van der Waals surface area contributed by atoms with Crippen LogP contribution in [0.1, 0.15) is 32.1 Å². The Bertz CT molecular complexity index is 544. The molecule has 3 rings (SSSR count). The summed E-state index contributed by atoms with van der Waals surface area (Å²) in [5.74, 6) is 0.656. The van der Waals surface area contributed by atoms with E-state index in [9.17, 15) is 4.79 Å². The number of rotatable bonds is 5. The average Bonchev–Trinajstić information content (AvgIpc) is 3.15. The fourth-order valence-corrected chi connectivity index (χ4v) is 3.96. The molecule has 2 fully saturated rings. The Balaban J connectivity index is 1.70. The number of hydrogen-bond donors (Lipinski definition) is 1. The zero-order valence-corrected chi connectivity index (χ0v) is 14.0. The van der Waals surface area contributed by atoms with E-state index < -0.39 is 0 Å². The minimum atomic E-state index is -0.0127. The highest BCUT2D eigenvalue weighted by atomic mass is 79.9. The van der Waals surface area contributed by atoms with Gasteiger partial charge in [-0.05, 0) is 60.2 Å². The van der Waals surface area contributed by atoms with Crippen LogP contribution < -0.4 is 10.9 Å². The van der Waals surface area contributed by atoms with E-state index in [0.29, 0.717) is 16.4 Å². The van der Waals surface area contributed by atoms with Crippen molar-refractivity contribution in [3.05, 3.63) is 21.0 Å². The van der Waals surface area contributed by atoms with E-state index in [1.807, 2.05) is 11.8 Å². The third-order valence-corrected chi connectivity index (χ3v) is 6.05. The number of anilines is 1. The van der Waals surface area contributed by atoms with Gasteiger partial charge in [0.25, 0.3) is 5.56 Å². The van der Waals surface area contributed by atoms with E-state index in [0.717, 1.165) is 17.5 Å². The number of hydrogen-bond acceptors (Lipinski definition) is 4. The Hall–Kier alpha value is -0.490. The Morgan fingerprint density at radius 3 is 2.90 bits per heavy atom. The minimum Gasteiger partial charge on any atom is -0.380 e. The van der Waals surface area contributed by atoms with Gasteiger partial charge in [-0.3, -0.25) is 4.79 Å². The van der Waals surface area contributed by atoms with Crippen molar-refractivity contribution in [3.63, 3.8) is 0 Å². The fraction of sp³-hybridized carbons (Fsp3) is 0.714. The summed E-state index contributed by atoms with van der Waals surface area (Å²) in [4.78, 5) is 12.3. The lowest BCUT2D eigenvalue weighted by molar-refractivity contribution is 0.531. The first kappa shape index (κ1) is 14.4. The van der Waals surface area contributed by atoms with Crippen LogP contribution in [0.25, 0.3) is 0 Å². The van der Waals surface area contributed by atoms with Crippen molar-refractivity contribution in [1.29, 1.82) is 0 Å². The van der Waals surface area contributed by atoms with Gasteiger partial charge in [-0.15, -0.1) is 0 Å². The zero-order valence-electron chi connectivity index (χ0n) is 11.6. The first-order chi connectivity index (χ1) is 9.67. The highest BCUT2D eigenvalue weighted by molar-refractivity contribution is 9.10. The Morgan fingerprint density at radius 2 is 2.25 bits per heavy atom. The maximum Gasteiger partial charge on any atom is 0.283 e. The molecule has 2 aliphatic rings. The predicted octanol–water partition coefficient (Wildman–Crippen LogP) is 3.11. The molecule has 1 N–H and O–H groups in total. The molecule has 1 aromatic heterocycles. The van der Waals surface area contributed by atoms with Gasteiger partial charge in [0.2, 0.25) is 0 Å². The van der Waals surface area contributed by atoms with Gasteiger partial charge in [0.15, 0.2) is 0 Å². The maximum absolute atomic E-state index is 12.3. The van der Waals surface area contributed by atoms with Gasteiger partial charge < -0.3 is 5.32 Å². The van der Waals surface area contributed by atoms with E-state index in [2.05, 4.69) is 32.6 Å². The molecule has 6 heteroatoms. The summed E-state index contributed by atoms with van der Waals surface area (Å²) in [6.45, 7) is 0.760. The lowest BCUT2D eigenvalue weighted by Gasteiger charge is -2.16. The quantitative estimate of drug-likeness (QED) is 0.879. The molecule has 2 atom stereocenters. The second-order valence-electron chi connectivity index (χ2n) is 5.81. The van der Waals surface area contributed by atoms with Gasteiger partial charge in [0.1, 0.15) is 4.47 Å². The Labute approximate surface area is 131 Å². The molecule has 4 nitrogen and oxygen atoms in total. The molecule has 2 saturated carbocycles. The van der Waals surface area contributed by atoms with Gasteiger partial charge in [0.05, 0.1) is 11.9 Å². The summed E-state index contributed by atoms with van der Waals surface area (Å²) < 4.78 is 2.22. The normalized spacial score (nSPS) is 25.9. The number of halogens is 1. The second kappa shape index (κ2) is 6.10. The summed E-state index contributed by atoms with van der Waals surface area (Å²) in [5, 5.41) is 8.53. The minimum absolute atomic E-state index is 0.0127. The van der Waals surface area contributed by atoms with Crippen molar-refractivity contribution < 1.29 is 0 Å². The first-order valence-corrected chi connectivity index (χ1v) is 9.30. The summed E-state index contributed by atoms with van der Waals surface area (Å²) in [6, 6.07) is 0.462. The molecule has 0 aromatic carbocycles. The van der Waals surface area contributed by atoms with Crippen LogP contribution in [0.5, 0.6) is 0 Å². The number of aromatic nitrogens is 2. The van der Waals surface area contributed by atoms with Gasteiger partial charge in [-0.25, -0.2) is 4.68 Å². The van der Waals surface area contributed by atoms with Crippen LogP contribution in [0.15, 0.2) is 15.5 Å². The molecule has 0 amide bonds. The van der Waals surface area contributed by atoms with Gasteiger partial charge in [0, 0.05) is 17.8 Å². The first-order valence-electron chi connectivity index (χ1n) is 7.22. The molecular weight excluding hydrogens is 338 g/mol. The highest BCUT2D eigenvalue weighted by Crippen LogP contribution is 2.32. The molecular formula is C14H20BrN3OS. The van der Waals surface area contributed by atoms with Crippen LogP contribution >= 0.6 is 27.7 Å². The molecule has 110 valence electrons. The molecule has 0 radical (unpaired) electrons. The largest absolute Gasteiger partial charge is 0.380 e. The lowest BCUT2D eigenvalue weighted by Crippen LogP contribution is -2.27. The SMILES string of the molecule is CSC1CCC(Nc2cnn(CC3CC3)c(=O)c2Br)C1. The van der Waals surface area contributed by atoms with Gasteiger partial charge >= 0.3 is 0 Å². The number of thioether (sulfide) groups is 1. The summed E-state index contributed by atoms with van der Waals surface area (Å²) in [6.07, 6.45) is 10.0. The third-order valence-electron chi connectivity index (χ3n) is 4.19. The van der Waals surface area contributed by atoms with Gasteiger partial charge in [-0.1, -0.05) is 0 Å². The van der Waals surface area contributed by atoms with Crippen molar-refractivity contribution in [1.82, 2.24) is 9.78 Å². The lowest BCUT2D eigenvalue weighted by atomic mass is 10.2. The number of nitrogens with one attached hydrogen (secondary N) is 1. The van der Waals surface area contributed by atoms with Crippen molar-refractivity contribution >= 4 is 33.4 Å². The summed E-state index contributed by atoms with van der Waals surface area (Å²) >= 11 is 5.38. The van der Waals surface area contributed by atoms with Crippen molar-refractivity contribution in [2.24, 2.45) is 5.92 Å². The molecule has 2 aliphatic carbocycles. The van der Waals surface area contributed by atoms with Crippen LogP contribution in [-0.4, -0.2) is 27.3 Å². The zero-order chi connectivity index (χ0) is 14.1. The summed E-state index contributed by atoms with van der Waals surface area (Å²) in [7, 11) is 0. The van der Waals surface area contributed by atoms with Crippen molar-refractivity contribution in [2.45, 2.75) is 49.9 Å². The van der Waals surface area contributed by atoms with E-state index in [-0.39, 0.29) is 5.56 Å². The Kier molecular flexibility index (Phi) is 4.40. The topological polar surface area (TPSA) is 46.9 Å². The standard InChI is InChI=1S/C14H20BrN3OS/c1-20-11-5-4-10(6-11)17-12-7-16-18(8-9-2-3-9)14(19)13(12)15/h7,9-11,17H,2-6,8H2,1H3. The predicted molar refractivity (Wildman–Crippen MR) is 87.5 cm³/mol. The van der Waals surface area contributed by atoms with Crippen molar-refractivity contribution in [2.75, 3.05) is 11.6 Å².